The summed E-state index contributed by atoms with van der Waals surface area (Å²) in [4.78, 5) is 15.8. The van der Waals surface area contributed by atoms with Crippen LogP contribution in [0.25, 0.3) is 22.2 Å². The molecule has 36 heavy (non-hydrogen) atoms. The molecule has 0 spiro atoms. The molecule has 4 rings (SSSR count). The summed E-state index contributed by atoms with van der Waals surface area (Å²) < 4.78 is 8.17. The maximum Gasteiger partial charge on any atom is 0.319 e. The highest BCUT2D eigenvalue weighted by Crippen LogP contribution is 2.43. The summed E-state index contributed by atoms with van der Waals surface area (Å²) in [6.45, 7) is 4.16. The number of nitrogens with zero attached hydrogens (tertiary/aromatic N) is 3. The average Bonchev–Trinajstić information content (AvgIpc) is 3.11. The van der Waals surface area contributed by atoms with Gasteiger partial charge in [0.25, 0.3) is 0 Å². The Morgan fingerprint density at radius 3 is 2.67 bits per heavy atom. The van der Waals surface area contributed by atoms with E-state index in [1.54, 1.807) is 0 Å². The Balaban J connectivity index is 1.68. The van der Waals surface area contributed by atoms with Gasteiger partial charge in [-0.3, -0.25) is 5.41 Å². The summed E-state index contributed by atoms with van der Waals surface area (Å²) in [7, 11) is 0. The van der Waals surface area contributed by atoms with Crippen molar-refractivity contribution in [1.82, 2.24) is 9.88 Å². The van der Waals surface area contributed by atoms with Gasteiger partial charge >= 0.3 is 6.03 Å². The molecule has 1 aliphatic carbocycles. The number of anilines is 1. The van der Waals surface area contributed by atoms with E-state index in [0.29, 0.717) is 41.9 Å². The highest BCUT2D eigenvalue weighted by molar-refractivity contribution is 5.96. The molecule has 0 unspecified atom stereocenters. The Hall–Kier alpha value is -4.32. The summed E-state index contributed by atoms with van der Waals surface area (Å²) in [5.41, 5.74) is 9.82. The van der Waals surface area contributed by atoms with Crippen LogP contribution in [0.4, 0.5) is 10.5 Å². The third-order valence-corrected chi connectivity index (χ3v) is 6.22. The molecule has 2 aromatic carbocycles. The van der Waals surface area contributed by atoms with E-state index in [1.807, 2.05) is 56.3 Å². The number of nitrogens with one attached hydrogen (secondary N) is 3. The summed E-state index contributed by atoms with van der Waals surface area (Å²) in [5, 5.41) is 23.7. The Kier molecular flexibility index (Phi) is 7.54. The van der Waals surface area contributed by atoms with Crippen molar-refractivity contribution in [3.8, 4) is 23.1 Å². The molecule has 0 atom stereocenters. The lowest BCUT2D eigenvalue weighted by Crippen LogP contribution is -2.34. The monoisotopic (exact) mass is 485 g/mol. The van der Waals surface area contributed by atoms with Crippen molar-refractivity contribution in [1.29, 1.82) is 10.7 Å². The minimum atomic E-state index is -0.252. The third kappa shape index (κ3) is 5.33. The van der Waals surface area contributed by atoms with Crippen LogP contribution < -0.4 is 21.1 Å². The van der Waals surface area contributed by atoms with Crippen LogP contribution in [0.2, 0.25) is 0 Å². The summed E-state index contributed by atoms with van der Waals surface area (Å²) in [6.07, 6.45) is 4.60. The molecule has 1 heterocycles. The van der Waals surface area contributed by atoms with Gasteiger partial charge in [0.05, 0.1) is 23.4 Å². The number of carbonyl (C=O) groups excluding carboxylic acids is 1. The van der Waals surface area contributed by atoms with Crippen molar-refractivity contribution in [2.24, 2.45) is 10.7 Å². The van der Waals surface area contributed by atoms with Crippen LogP contribution in [-0.4, -0.2) is 35.4 Å². The van der Waals surface area contributed by atoms with E-state index in [9.17, 15) is 10.1 Å². The van der Waals surface area contributed by atoms with Gasteiger partial charge < -0.3 is 25.7 Å². The third-order valence-electron chi connectivity index (χ3n) is 6.22. The number of rotatable bonds is 9. The number of ether oxygens (including phenoxy) is 1. The average molecular weight is 486 g/mol. The second kappa shape index (κ2) is 11.0. The van der Waals surface area contributed by atoms with Crippen molar-refractivity contribution in [3.63, 3.8) is 0 Å². The number of benzene rings is 2. The Morgan fingerprint density at radius 1 is 1.31 bits per heavy atom. The fourth-order valence-electron chi connectivity index (χ4n) is 4.36. The molecule has 0 aliphatic heterocycles. The number of nitriles is 1. The normalized spacial score (nSPS) is 13.8. The summed E-state index contributed by atoms with van der Waals surface area (Å²) >= 11 is 0. The zero-order valence-electron chi connectivity index (χ0n) is 20.5. The quantitative estimate of drug-likeness (QED) is 0.245. The van der Waals surface area contributed by atoms with E-state index in [2.05, 4.69) is 26.3 Å². The fraction of sp³-hybridized carbons (Fsp3) is 0.333. The van der Waals surface area contributed by atoms with Crippen LogP contribution in [0.5, 0.6) is 5.75 Å². The highest BCUT2D eigenvalue weighted by Gasteiger charge is 2.28. The zero-order chi connectivity index (χ0) is 25.7. The topological polar surface area (TPSA) is 141 Å². The lowest BCUT2D eigenvalue weighted by Gasteiger charge is -2.30. The molecule has 5 N–H and O–H groups in total. The number of amides is 2. The SMILES string of the molecule is CC(C)NC(=O)Nc1ccc(-c2c(C#N)c3ccc(OCCC(N)=NC=N)cc3n2C2CCC2)cc1. The van der Waals surface area contributed by atoms with Crippen LogP contribution >= 0.6 is 0 Å². The molecule has 0 saturated heterocycles. The zero-order valence-corrected chi connectivity index (χ0v) is 20.5. The van der Waals surface area contributed by atoms with E-state index < -0.39 is 0 Å². The molecule has 0 bridgehead atoms. The predicted molar refractivity (Wildman–Crippen MR) is 143 cm³/mol. The van der Waals surface area contributed by atoms with Crippen molar-refractivity contribution in [2.45, 2.75) is 51.6 Å². The largest absolute Gasteiger partial charge is 0.493 e. The number of aromatic nitrogens is 1. The first kappa shape index (κ1) is 24.8. The van der Waals surface area contributed by atoms with E-state index >= 15 is 0 Å². The molecule has 1 saturated carbocycles. The van der Waals surface area contributed by atoms with Gasteiger partial charge in [-0.25, -0.2) is 9.79 Å². The molecule has 3 aromatic rings. The van der Waals surface area contributed by atoms with Crippen LogP contribution in [-0.2, 0) is 0 Å². The fourth-order valence-corrected chi connectivity index (χ4v) is 4.36. The number of hydrogen-bond acceptors (Lipinski definition) is 4. The van der Waals surface area contributed by atoms with Gasteiger partial charge in [-0.1, -0.05) is 12.1 Å². The first-order valence-corrected chi connectivity index (χ1v) is 12.1. The first-order chi connectivity index (χ1) is 17.4. The summed E-state index contributed by atoms with van der Waals surface area (Å²) in [5.74, 6) is 1.03. The first-order valence-electron chi connectivity index (χ1n) is 12.1. The van der Waals surface area contributed by atoms with Gasteiger partial charge in [0.1, 0.15) is 24.0 Å². The molecule has 9 heteroatoms. The van der Waals surface area contributed by atoms with Crippen molar-refractivity contribution in [3.05, 3.63) is 48.0 Å². The van der Waals surface area contributed by atoms with Gasteiger partial charge in [0.2, 0.25) is 0 Å². The lowest BCUT2D eigenvalue weighted by molar-refractivity contribution is 0.250. The van der Waals surface area contributed by atoms with Crippen LogP contribution in [0.15, 0.2) is 47.5 Å². The molecule has 9 nitrogen and oxygen atoms in total. The van der Waals surface area contributed by atoms with Gasteiger partial charge in [-0.15, -0.1) is 0 Å². The van der Waals surface area contributed by atoms with E-state index in [-0.39, 0.29) is 12.1 Å². The van der Waals surface area contributed by atoms with Gasteiger partial charge in [-0.2, -0.15) is 5.26 Å². The standard InChI is InChI=1S/C27H31N7O2/c1-17(2)32-27(35)33-19-8-6-18(7-9-19)26-23(15-28)22-11-10-21(36-13-12-25(30)31-16-29)14-24(22)34(26)20-4-3-5-20/h6-11,14,16-17,20H,3-5,12-13H2,1-2H3,(H3,29,30,31)(H2,32,33,35). The Morgan fingerprint density at radius 2 is 2.06 bits per heavy atom. The molecular weight excluding hydrogens is 454 g/mol. The van der Waals surface area contributed by atoms with Gasteiger partial charge in [0, 0.05) is 35.6 Å². The number of carbonyl (C=O) groups is 1. The van der Waals surface area contributed by atoms with Crippen molar-refractivity contribution >= 4 is 34.8 Å². The molecule has 186 valence electrons. The predicted octanol–water partition coefficient (Wildman–Crippen LogP) is 5.17. The smallest absolute Gasteiger partial charge is 0.319 e. The summed E-state index contributed by atoms with van der Waals surface area (Å²) in [6, 6.07) is 15.9. The number of aliphatic imine (C=N–C) groups is 1. The number of hydrogen-bond donors (Lipinski definition) is 4. The number of amidine groups is 1. The minimum Gasteiger partial charge on any atom is -0.493 e. The second-order valence-corrected chi connectivity index (χ2v) is 9.15. The number of nitrogens with two attached hydrogens (primary N) is 1. The number of urea groups is 1. The van der Waals surface area contributed by atoms with E-state index in [1.165, 1.54) is 0 Å². The van der Waals surface area contributed by atoms with Crippen LogP contribution in [0, 0.1) is 16.7 Å². The molecule has 0 radical (unpaired) electrons. The lowest BCUT2D eigenvalue weighted by atomic mass is 9.92. The van der Waals surface area contributed by atoms with Crippen molar-refractivity contribution in [2.75, 3.05) is 11.9 Å². The van der Waals surface area contributed by atoms with Gasteiger partial charge in [-0.05, 0) is 62.9 Å². The highest BCUT2D eigenvalue weighted by atomic mass is 16.5. The van der Waals surface area contributed by atoms with Crippen LogP contribution in [0.3, 0.4) is 0 Å². The maximum atomic E-state index is 12.1. The Labute approximate surface area is 210 Å². The number of fused-ring (bicyclic) bond motifs is 1. The molecule has 1 fully saturated rings. The minimum absolute atomic E-state index is 0.0433. The molecule has 1 aromatic heterocycles. The van der Waals surface area contributed by atoms with E-state index in [0.717, 1.165) is 47.8 Å². The maximum absolute atomic E-state index is 12.1. The molecule has 1 aliphatic rings. The van der Waals surface area contributed by atoms with Crippen LogP contribution in [0.1, 0.15) is 51.1 Å². The second-order valence-electron chi connectivity index (χ2n) is 9.15. The van der Waals surface area contributed by atoms with Crippen molar-refractivity contribution < 1.29 is 9.53 Å². The molecular formula is C27H31N7O2. The van der Waals surface area contributed by atoms with Gasteiger partial charge in [0.15, 0.2) is 0 Å². The molecule has 2 amide bonds. The van der Waals surface area contributed by atoms with E-state index in [4.69, 9.17) is 15.9 Å². The Bertz CT molecular complexity index is 1330.